The van der Waals surface area contributed by atoms with Gasteiger partial charge >= 0.3 is 0 Å². The van der Waals surface area contributed by atoms with Gasteiger partial charge in [-0.15, -0.1) is 0 Å². The minimum atomic E-state index is -1.83. The summed E-state index contributed by atoms with van der Waals surface area (Å²) in [5, 5.41) is 100. The summed E-state index contributed by atoms with van der Waals surface area (Å²) in [5.41, 5.74) is -0.537. The lowest BCUT2D eigenvalue weighted by Crippen LogP contribution is -2.60. The molecule has 2 saturated heterocycles. The lowest BCUT2D eigenvalue weighted by molar-refractivity contribution is -0.277. The Balaban J connectivity index is 1.61. The Hall–Kier alpha value is -3.55. The molecule has 16 nitrogen and oxygen atoms in total. The lowest BCUT2D eigenvalue weighted by Gasteiger charge is -2.40. The van der Waals surface area contributed by atoms with Gasteiger partial charge < -0.3 is 74.4 Å². The molecule has 0 amide bonds. The molecule has 10 atom stereocenters. The van der Waals surface area contributed by atoms with Gasteiger partial charge in [0.1, 0.15) is 60.3 Å². The third-order valence-corrected chi connectivity index (χ3v) is 7.21. The van der Waals surface area contributed by atoms with E-state index >= 15 is 0 Å². The maximum atomic E-state index is 12.6. The highest BCUT2D eigenvalue weighted by atomic mass is 16.7. The maximum Gasteiger partial charge on any atom is 0.229 e. The summed E-state index contributed by atoms with van der Waals surface area (Å²) in [4.78, 5) is 12.6. The lowest BCUT2D eigenvalue weighted by atomic mass is 9.99. The summed E-state index contributed by atoms with van der Waals surface area (Å²) >= 11 is 0. The third kappa shape index (κ3) is 5.85. The predicted molar refractivity (Wildman–Crippen MR) is 139 cm³/mol. The highest BCUT2D eigenvalue weighted by Crippen LogP contribution is 2.44. The molecule has 0 saturated carbocycles. The molecule has 5 rings (SSSR count). The summed E-state index contributed by atoms with van der Waals surface area (Å²) in [5.74, 6) is -1.83. The smallest absolute Gasteiger partial charge is 0.229 e. The van der Waals surface area contributed by atoms with Crippen molar-refractivity contribution >= 4 is 0 Å². The van der Waals surface area contributed by atoms with Crippen molar-refractivity contribution in [1.82, 2.24) is 0 Å². The molecular formula is C27H30O16. The van der Waals surface area contributed by atoms with Gasteiger partial charge in [-0.05, 0) is 24.3 Å². The van der Waals surface area contributed by atoms with E-state index in [2.05, 4.69) is 0 Å². The van der Waals surface area contributed by atoms with Crippen LogP contribution in [-0.4, -0.2) is 126 Å². The van der Waals surface area contributed by atoms with Crippen LogP contribution in [0.1, 0.15) is 0 Å². The summed E-state index contributed by atoms with van der Waals surface area (Å²) in [6.07, 6.45) is -16.6. The van der Waals surface area contributed by atoms with Crippen LogP contribution in [0.15, 0.2) is 45.6 Å². The fourth-order valence-corrected chi connectivity index (χ4v) is 4.79. The molecule has 4 aliphatic rings. The molecule has 1 aromatic carbocycles. The van der Waals surface area contributed by atoms with Gasteiger partial charge in [0.25, 0.3) is 0 Å². The van der Waals surface area contributed by atoms with Gasteiger partial charge in [0, 0.05) is 17.7 Å². The second-order valence-corrected chi connectivity index (χ2v) is 10.1. The van der Waals surface area contributed by atoms with E-state index < -0.39 is 91.6 Å². The van der Waals surface area contributed by atoms with Crippen molar-refractivity contribution in [2.45, 2.75) is 61.4 Å². The summed E-state index contributed by atoms with van der Waals surface area (Å²) in [6.45, 7) is -1.47. The van der Waals surface area contributed by atoms with Gasteiger partial charge in [-0.2, -0.15) is 0 Å². The van der Waals surface area contributed by atoms with Crippen molar-refractivity contribution in [2.75, 3.05) is 13.2 Å². The van der Waals surface area contributed by atoms with Crippen LogP contribution >= 0.6 is 0 Å². The number of phenols is 2. The molecule has 0 bridgehead atoms. The first-order valence-electron chi connectivity index (χ1n) is 13.0. The van der Waals surface area contributed by atoms with Crippen molar-refractivity contribution in [3.8, 4) is 45.6 Å². The molecule has 0 unspecified atom stereocenters. The standard InChI is InChI=1S/C27H30O16/c28-7-17-19(33)21(35)23(37)26(42-17)40-15-5-10(30)4-14-11(15)6-16(25(39-14)9-1-2-12(31)13(32)3-9)41-27-24(38)22(36)20(34)18(8-29)43-27/h1-6,17-24,26-29,31-38H,7-8H2/t17-,18-,19-,20-,21+,22+,23-,24-,26-,27-/m1/s1. The number of fused-ring (bicyclic) bond motifs is 1. The van der Waals surface area contributed by atoms with Crippen LogP contribution in [0.25, 0.3) is 22.6 Å². The molecule has 3 heterocycles. The third-order valence-electron chi connectivity index (χ3n) is 7.21. The molecule has 3 aliphatic heterocycles. The molecule has 10 N–H and O–H groups in total. The zero-order valence-electron chi connectivity index (χ0n) is 22.1. The first kappa shape index (κ1) is 30.9. The molecule has 0 radical (unpaired) electrons. The summed E-state index contributed by atoms with van der Waals surface area (Å²) in [7, 11) is 0. The van der Waals surface area contributed by atoms with Crippen LogP contribution in [0, 0.1) is 0 Å². The molecule has 0 aromatic heterocycles. The van der Waals surface area contributed by atoms with E-state index in [9.17, 15) is 55.9 Å². The number of hydrogen-bond donors (Lipinski definition) is 10. The first-order chi connectivity index (χ1) is 20.4. The van der Waals surface area contributed by atoms with E-state index in [0.29, 0.717) is 0 Å². The van der Waals surface area contributed by atoms with Crippen LogP contribution in [-0.2, 0) is 9.47 Å². The fraction of sp³-hybridized carbons (Fsp3) is 0.444. The van der Waals surface area contributed by atoms with Crippen LogP contribution < -0.4 is 14.9 Å². The minimum absolute atomic E-state index is 0.00269. The van der Waals surface area contributed by atoms with Gasteiger partial charge in [-0.3, -0.25) is 4.79 Å². The minimum Gasteiger partial charge on any atom is -0.504 e. The largest absolute Gasteiger partial charge is 0.504 e. The number of aliphatic hydroxyl groups is 8. The highest BCUT2D eigenvalue weighted by Gasteiger charge is 2.46. The zero-order chi connectivity index (χ0) is 31.2. The van der Waals surface area contributed by atoms with E-state index in [0.717, 1.165) is 24.3 Å². The second kappa shape index (κ2) is 12.2. The number of aromatic hydroxyl groups is 2. The van der Waals surface area contributed by atoms with E-state index in [1.807, 2.05) is 0 Å². The second-order valence-electron chi connectivity index (χ2n) is 10.1. The topological polar surface area (TPSA) is 269 Å². The number of phenolic OH excluding ortho intramolecular Hbond substituents is 2. The Labute approximate surface area is 241 Å². The van der Waals surface area contributed by atoms with Crippen molar-refractivity contribution in [3.63, 3.8) is 0 Å². The van der Waals surface area contributed by atoms with Crippen molar-refractivity contribution < 1.29 is 74.4 Å². The summed E-state index contributed by atoms with van der Waals surface area (Å²) in [6, 6.07) is 6.87. The van der Waals surface area contributed by atoms with Crippen LogP contribution in [0.3, 0.4) is 0 Å². The number of benzene rings is 2. The average Bonchev–Trinajstić information content (AvgIpc) is 2.98. The number of hydrogen-bond acceptors (Lipinski definition) is 16. The van der Waals surface area contributed by atoms with Crippen LogP contribution in [0.2, 0.25) is 0 Å². The van der Waals surface area contributed by atoms with Gasteiger partial charge in [-0.25, -0.2) is 0 Å². The Morgan fingerprint density at radius 2 is 1.21 bits per heavy atom. The molecule has 43 heavy (non-hydrogen) atoms. The van der Waals surface area contributed by atoms with E-state index in [1.165, 1.54) is 12.1 Å². The van der Waals surface area contributed by atoms with Gasteiger partial charge in [0.2, 0.25) is 12.6 Å². The number of rotatable bonds is 7. The molecule has 16 heteroatoms. The van der Waals surface area contributed by atoms with Crippen molar-refractivity contribution in [1.29, 1.82) is 0 Å². The van der Waals surface area contributed by atoms with Crippen LogP contribution in [0.4, 0.5) is 0 Å². The van der Waals surface area contributed by atoms with Crippen molar-refractivity contribution in [3.05, 3.63) is 46.6 Å². The monoisotopic (exact) mass is 610 g/mol. The SMILES string of the molecule is O=c1cc2oc(-c3ccc(O)c(O)c3)c(O[C@@H]3O[C@H](CO)[C@@H](O)[C@H](O)[C@H]3O)cc-2c(O[C@@H]2O[C@H](CO)[C@@H](O)[C@H](O)[C@H]2O)c1. The molecule has 2 fully saturated rings. The Morgan fingerprint density at radius 3 is 1.74 bits per heavy atom. The molecule has 1 aromatic rings. The molecule has 0 spiro atoms. The molecular weight excluding hydrogens is 580 g/mol. The van der Waals surface area contributed by atoms with Gasteiger partial charge in [0.15, 0.2) is 28.4 Å². The Morgan fingerprint density at radius 1 is 0.651 bits per heavy atom. The van der Waals surface area contributed by atoms with E-state index in [4.69, 9.17) is 23.4 Å². The average molecular weight is 611 g/mol. The quantitative estimate of drug-likeness (QED) is 0.121. The van der Waals surface area contributed by atoms with E-state index in [1.54, 1.807) is 0 Å². The predicted octanol–water partition coefficient (Wildman–Crippen LogP) is -2.82. The zero-order valence-corrected chi connectivity index (χ0v) is 22.1. The van der Waals surface area contributed by atoms with Crippen molar-refractivity contribution in [2.24, 2.45) is 0 Å². The van der Waals surface area contributed by atoms with Crippen LogP contribution in [0.5, 0.6) is 23.0 Å². The highest BCUT2D eigenvalue weighted by molar-refractivity contribution is 5.76. The van der Waals surface area contributed by atoms with Gasteiger partial charge in [0.05, 0.1) is 18.8 Å². The number of aliphatic hydroxyl groups excluding tert-OH is 8. The normalized spacial score (nSPS) is 32.9. The molecule has 1 aliphatic carbocycles. The maximum absolute atomic E-state index is 12.6. The Bertz CT molecular complexity index is 1460. The van der Waals surface area contributed by atoms with Gasteiger partial charge in [-0.1, -0.05) is 0 Å². The molecule has 234 valence electrons. The first-order valence-corrected chi connectivity index (χ1v) is 13.0. The fourth-order valence-electron chi connectivity index (χ4n) is 4.79. The van der Waals surface area contributed by atoms with E-state index in [-0.39, 0.29) is 34.1 Å². The summed E-state index contributed by atoms with van der Waals surface area (Å²) < 4.78 is 28.3. The Kier molecular flexibility index (Phi) is 8.77. The number of ether oxygens (including phenoxy) is 4.